The smallest absolute Gasteiger partial charge is 0.322 e. The van der Waals surface area contributed by atoms with Crippen molar-refractivity contribution >= 4 is 5.91 Å². The molecule has 1 aliphatic heterocycles. The van der Waals surface area contributed by atoms with Crippen molar-refractivity contribution in [2.45, 2.75) is 19.0 Å². The molecule has 0 aromatic heterocycles. The van der Waals surface area contributed by atoms with Gasteiger partial charge in [0, 0.05) is 25.9 Å². The van der Waals surface area contributed by atoms with Gasteiger partial charge in [-0.25, -0.2) is 0 Å². The number of rotatable bonds is 2. The third-order valence-corrected chi connectivity index (χ3v) is 2.30. The Morgan fingerprint density at radius 2 is 2.14 bits per heavy atom. The van der Waals surface area contributed by atoms with Gasteiger partial charge in [0.1, 0.15) is 0 Å². The second kappa shape index (κ2) is 3.78. The number of aliphatic hydroxyl groups is 2. The summed E-state index contributed by atoms with van der Waals surface area (Å²) in [5.41, 5.74) is 0. The normalized spacial score (nSPS) is 28.2. The van der Waals surface area contributed by atoms with E-state index < -0.39 is 23.9 Å². The van der Waals surface area contributed by atoms with Gasteiger partial charge in [0.2, 0.25) is 0 Å². The molecule has 0 radical (unpaired) electrons. The Hall–Kier alpha value is -0.750. The molecule has 1 rings (SSSR count). The summed E-state index contributed by atoms with van der Waals surface area (Å²) in [6.45, 7) is 0.0711. The lowest BCUT2D eigenvalue weighted by Crippen LogP contribution is -2.40. The first kappa shape index (κ1) is 11.3. The Labute approximate surface area is 80.1 Å². The second-order valence-corrected chi connectivity index (χ2v) is 3.61. The average molecular weight is 209 g/mol. The maximum atomic E-state index is 12.6. The minimum absolute atomic E-state index is 0.0140. The fraction of sp³-hybridized carbons (Fsp3) is 0.875. The van der Waals surface area contributed by atoms with E-state index in [-0.39, 0.29) is 19.7 Å². The highest BCUT2D eigenvalue weighted by Gasteiger charge is 2.42. The molecular formula is C8H13F2NO3. The van der Waals surface area contributed by atoms with Gasteiger partial charge in [-0.1, -0.05) is 0 Å². The third-order valence-electron chi connectivity index (χ3n) is 2.30. The van der Waals surface area contributed by atoms with Gasteiger partial charge in [0.15, 0.2) is 0 Å². The number of alkyl halides is 2. The lowest BCUT2D eigenvalue weighted by Gasteiger charge is -2.19. The fourth-order valence-electron chi connectivity index (χ4n) is 1.48. The molecule has 0 saturated carbocycles. The highest BCUT2D eigenvalue weighted by molar-refractivity contribution is 5.83. The zero-order valence-corrected chi connectivity index (χ0v) is 7.78. The molecule has 2 atom stereocenters. The Morgan fingerprint density at radius 3 is 2.50 bits per heavy atom. The van der Waals surface area contributed by atoms with Crippen molar-refractivity contribution in [2.24, 2.45) is 5.92 Å². The Kier molecular flexibility index (Phi) is 3.06. The van der Waals surface area contributed by atoms with E-state index in [1.54, 1.807) is 0 Å². The summed E-state index contributed by atoms with van der Waals surface area (Å²) in [7, 11) is 0. The number of carbonyl (C=O) groups is 1. The molecular weight excluding hydrogens is 196 g/mol. The summed E-state index contributed by atoms with van der Waals surface area (Å²) in [6.07, 6.45) is -0.911. The predicted molar refractivity (Wildman–Crippen MR) is 43.8 cm³/mol. The molecule has 0 bridgehead atoms. The molecule has 1 saturated heterocycles. The molecule has 0 aromatic carbocycles. The number of nitrogens with zero attached hydrogens (tertiary/aromatic N) is 1. The molecule has 14 heavy (non-hydrogen) atoms. The number of carbonyl (C=O) groups excluding carboxylic acids is 1. The van der Waals surface area contributed by atoms with Crippen LogP contribution in [0.4, 0.5) is 8.78 Å². The van der Waals surface area contributed by atoms with E-state index in [1.165, 1.54) is 0 Å². The molecule has 2 N–H and O–H groups in total. The van der Waals surface area contributed by atoms with Crippen LogP contribution in [0.2, 0.25) is 0 Å². The monoisotopic (exact) mass is 209 g/mol. The van der Waals surface area contributed by atoms with E-state index in [9.17, 15) is 18.7 Å². The van der Waals surface area contributed by atoms with Gasteiger partial charge in [0.25, 0.3) is 5.91 Å². The van der Waals surface area contributed by atoms with Crippen LogP contribution in [-0.4, -0.2) is 52.7 Å². The molecule has 2 unspecified atom stereocenters. The Bertz CT molecular complexity index is 229. The molecule has 0 aromatic rings. The number of hydrogen-bond donors (Lipinski definition) is 2. The van der Waals surface area contributed by atoms with Gasteiger partial charge >= 0.3 is 5.92 Å². The molecule has 1 heterocycles. The summed E-state index contributed by atoms with van der Waals surface area (Å²) >= 11 is 0. The molecule has 82 valence electrons. The fourth-order valence-corrected chi connectivity index (χ4v) is 1.48. The lowest BCUT2D eigenvalue weighted by atomic mass is 10.1. The van der Waals surface area contributed by atoms with E-state index in [2.05, 4.69) is 0 Å². The maximum Gasteiger partial charge on any atom is 0.322 e. The molecule has 1 aliphatic rings. The highest BCUT2D eigenvalue weighted by atomic mass is 19.3. The van der Waals surface area contributed by atoms with E-state index in [0.29, 0.717) is 6.92 Å². The van der Waals surface area contributed by atoms with Crippen molar-refractivity contribution in [1.29, 1.82) is 0 Å². The van der Waals surface area contributed by atoms with Crippen LogP contribution in [0.3, 0.4) is 0 Å². The van der Waals surface area contributed by atoms with Crippen molar-refractivity contribution in [3.05, 3.63) is 0 Å². The molecule has 0 aliphatic carbocycles. The largest absolute Gasteiger partial charge is 0.396 e. The van der Waals surface area contributed by atoms with E-state index >= 15 is 0 Å². The van der Waals surface area contributed by atoms with Crippen molar-refractivity contribution in [2.75, 3.05) is 19.7 Å². The van der Waals surface area contributed by atoms with Crippen LogP contribution < -0.4 is 0 Å². The van der Waals surface area contributed by atoms with Gasteiger partial charge in [-0.2, -0.15) is 8.78 Å². The minimum atomic E-state index is -3.41. The summed E-state index contributed by atoms with van der Waals surface area (Å²) in [5.74, 6) is -5.22. The first-order valence-electron chi connectivity index (χ1n) is 4.32. The van der Waals surface area contributed by atoms with Crippen LogP contribution in [0, 0.1) is 5.92 Å². The molecule has 0 spiro atoms. The summed E-state index contributed by atoms with van der Waals surface area (Å²) < 4.78 is 25.2. The van der Waals surface area contributed by atoms with Crippen molar-refractivity contribution < 1.29 is 23.8 Å². The van der Waals surface area contributed by atoms with Gasteiger partial charge in [-0.3, -0.25) is 4.79 Å². The summed E-state index contributed by atoms with van der Waals surface area (Å²) in [6, 6.07) is 0. The van der Waals surface area contributed by atoms with Crippen LogP contribution >= 0.6 is 0 Å². The predicted octanol–water partition coefficient (Wildman–Crippen LogP) is -0.547. The standard InChI is InChI=1S/C8H13F2NO3/c1-8(9,10)7(14)11-2-5(4-12)6(13)3-11/h5-6,12-13H,2-4H2,1H3. The van der Waals surface area contributed by atoms with Crippen molar-refractivity contribution in [3.63, 3.8) is 0 Å². The van der Waals surface area contributed by atoms with Crippen LogP contribution in [0.25, 0.3) is 0 Å². The number of β-amino-alcohol motifs (C(OH)–C–C–N with tert-alkyl or cyclic N) is 1. The van der Waals surface area contributed by atoms with Crippen LogP contribution in [0.5, 0.6) is 0 Å². The van der Waals surface area contributed by atoms with Gasteiger partial charge in [0.05, 0.1) is 12.7 Å². The third kappa shape index (κ3) is 2.19. The molecule has 4 nitrogen and oxygen atoms in total. The van der Waals surface area contributed by atoms with Gasteiger partial charge < -0.3 is 15.1 Å². The van der Waals surface area contributed by atoms with Crippen molar-refractivity contribution in [1.82, 2.24) is 4.90 Å². The van der Waals surface area contributed by atoms with Crippen LogP contribution in [0.15, 0.2) is 0 Å². The minimum Gasteiger partial charge on any atom is -0.396 e. The number of likely N-dealkylation sites (tertiary alicyclic amines) is 1. The first-order valence-corrected chi connectivity index (χ1v) is 4.32. The molecule has 6 heteroatoms. The molecule has 1 amide bonds. The number of hydrogen-bond acceptors (Lipinski definition) is 3. The number of aliphatic hydroxyl groups excluding tert-OH is 2. The molecule has 1 fully saturated rings. The topological polar surface area (TPSA) is 60.8 Å². The first-order chi connectivity index (χ1) is 6.36. The van der Waals surface area contributed by atoms with E-state index in [0.717, 1.165) is 4.90 Å². The average Bonchev–Trinajstić information content (AvgIpc) is 2.43. The van der Waals surface area contributed by atoms with E-state index in [1.807, 2.05) is 0 Å². The Balaban J connectivity index is 2.62. The number of halogens is 2. The zero-order chi connectivity index (χ0) is 10.9. The van der Waals surface area contributed by atoms with Gasteiger partial charge in [-0.15, -0.1) is 0 Å². The summed E-state index contributed by atoms with van der Waals surface area (Å²) in [4.78, 5) is 11.9. The lowest BCUT2D eigenvalue weighted by molar-refractivity contribution is -0.154. The second-order valence-electron chi connectivity index (χ2n) is 3.61. The van der Waals surface area contributed by atoms with Gasteiger partial charge in [-0.05, 0) is 0 Å². The number of amides is 1. The SMILES string of the molecule is CC(F)(F)C(=O)N1CC(O)C(CO)C1. The van der Waals surface area contributed by atoms with Crippen LogP contribution in [0.1, 0.15) is 6.92 Å². The zero-order valence-electron chi connectivity index (χ0n) is 7.78. The van der Waals surface area contributed by atoms with Crippen molar-refractivity contribution in [3.8, 4) is 0 Å². The highest BCUT2D eigenvalue weighted by Crippen LogP contribution is 2.22. The Morgan fingerprint density at radius 1 is 1.57 bits per heavy atom. The quantitative estimate of drug-likeness (QED) is 0.641. The van der Waals surface area contributed by atoms with E-state index in [4.69, 9.17) is 5.11 Å². The summed E-state index contributed by atoms with van der Waals surface area (Å²) in [5, 5.41) is 18.0. The maximum absolute atomic E-state index is 12.6. The van der Waals surface area contributed by atoms with Crippen LogP contribution in [-0.2, 0) is 4.79 Å².